The fourth-order valence-corrected chi connectivity index (χ4v) is 3.90. The number of nitrogens with one attached hydrogen (secondary N) is 1. The van der Waals surface area contributed by atoms with Gasteiger partial charge in [0.1, 0.15) is 5.82 Å². The SMILES string of the molecule is CCC(C)(CN)NS(=O)(=O)c1c(C)cc(F)cc1C. The van der Waals surface area contributed by atoms with Gasteiger partial charge in [0.25, 0.3) is 0 Å². The van der Waals surface area contributed by atoms with Gasteiger partial charge in [-0.3, -0.25) is 0 Å². The zero-order chi connectivity index (χ0) is 14.8. The van der Waals surface area contributed by atoms with Gasteiger partial charge in [0, 0.05) is 12.1 Å². The molecule has 0 saturated heterocycles. The Balaban J connectivity index is 3.29. The lowest BCUT2D eigenvalue weighted by atomic mass is 10.0. The summed E-state index contributed by atoms with van der Waals surface area (Å²) in [6.45, 7) is 6.97. The van der Waals surface area contributed by atoms with E-state index >= 15 is 0 Å². The van der Waals surface area contributed by atoms with Crippen LogP contribution < -0.4 is 10.5 Å². The van der Waals surface area contributed by atoms with E-state index in [9.17, 15) is 12.8 Å². The Kier molecular flexibility index (Phi) is 4.71. The second kappa shape index (κ2) is 5.56. The van der Waals surface area contributed by atoms with Crippen molar-refractivity contribution in [3.05, 3.63) is 29.1 Å². The lowest BCUT2D eigenvalue weighted by Crippen LogP contribution is -2.50. The van der Waals surface area contributed by atoms with Crippen LogP contribution in [0, 0.1) is 19.7 Å². The summed E-state index contributed by atoms with van der Waals surface area (Å²) in [5, 5.41) is 0. The molecule has 0 aliphatic heterocycles. The van der Waals surface area contributed by atoms with Crippen molar-refractivity contribution in [1.82, 2.24) is 4.72 Å². The first-order valence-corrected chi connectivity index (χ1v) is 7.64. The van der Waals surface area contributed by atoms with Gasteiger partial charge < -0.3 is 5.73 Å². The molecule has 1 unspecified atom stereocenters. The minimum Gasteiger partial charge on any atom is -0.329 e. The smallest absolute Gasteiger partial charge is 0.241 e. The third kappa shape index (κ3) is 3.52. The number of hydrogen-bond acceptors (Lipinski definition) is 3. The maximum Gasteiger partial charge on any atom is 0.241 e. The Hall–Kier alpha value is -0.980. The zero-order valence-electron chi connectivity index (χ0n) is 11.7. The summed E-state index contributed by atoms with van der Waals surface area (Å²) >= 11 is 0. The van der Waals surface area contributed by atoms with Gasteiger partial charge in [0.05, 0.1) is 4.90 Å². The molecule has 0 amide bonds. The molecule has 1 atom stereocenters. The van der Waals surface area contributed by atoms with Crippen molar-refractivity contribution in [2.45, 2.75) is 44.6 Å². The van der Waals surface area contributed by atoms with E-state index in [1.54, 1.807) is 20.8 Å². The first-order chi connectivity index (χ1) is 8.65. The van der Waals surface area contributed by atoms with E-state index in [-0.39, 0.29) is 11.4 Å². The van der Waals surface area contributed by atoms with Crippen molar-refractivity contribution in [3.8, 4) is 0 Å². The van der Waals surface area contributed by atoms with E-state index < -0.39 is 21.4 Å². The van der Waals surface area contributed by atoms with Crippen molar-refractivity contribution in [3.63, 3.8) is 0 Å². The molecule has 6 heteroatoms. The summed E-state index contributed by atoms with van der Waals surface area (Å²) in [4.78, 5) is 0.127. The number of aryl methyl sites for hydroxylation is 2. The van der Waals surface area contributed by atoms with E-state index in [4.69, 9.17) is 5.73 Å². The summed E-state index contributed by atoms with van der Waals surface area (Å²) in [6, 6.07) is 2.43. The van der Waals surface area contributed by atoms with Gasteiger partial charge in [0.2, 0.25) is 10.0 Å². The van der Waals surface area contributed by atoms with Gasteiger partial charge in [-0.25, -0.2) is 17.5 Å². The van der Waals surface area contributed by atoms with Crippen molar-refractivity contribution in [1.29, 1.82) is 0 Å². The number of hydrogen-bond donors (Lipinski definition) is 2. The van der Waals surface area contributed by atoms with Crippen molar-refractivity contribution in [2.75, 3.05) is 6.54 Å². The summed E-state index contributed by atoms with van der Waals surface area (Å²) in [6.07, 6.45) is 0.571. The lowest BCUT2D eigenvalue weighted by Gasteiger charge is -2.28. The fourth-order valence-electron chi connectivity index (χ4n) is 1.95. The molecule has 3 N–H and O–H groups in total. The normalized spacial score (nSPS) is 15.3. The van der Waals surface area contributed by atoms with Crippen LogP contribution in [0.15, 0.2) is 17.0 Å². The minimum atomic E-state index is -3.72. The van der Waals surface area contributed by atoms with Crippen LogP contribution in [0.4, 0.5) is 4.39 Å². The molecule has 1 aromatic carbocycles. The van der Waals surface area contributed by atoms with E-state index in [1.807, 2.05) is 6.92 Å². The molecule has 1 rings (SSSR count). The molecular formula is C13H21FN2O2S. The van der Waals surface area contributed by atoms with Crippen molar-refractivity contribution in [2.24, 2.45) is 5.73 Å². The maximum atomic E-state index is 13.2. The standard InChI is InChI=1S/C13H21FN2O2S/c1-5-13(4,8-15)16-19(17,18)12-9(2)6-11(14)7-10(12)3/h6-7,16H,5,8,15H2,1-4H3. The van der Waals surface area contributed by atoms with Crippen LogP contribution in [-0.4, -0.2) is 20.5 Å². The highest BCUT2D eigenvalue weighted by Crippen LogP contribution is 2.23. The summed E-state index contributed by atoms with van der Waals surface area (Å²) in [5.74, 6) is -0.439. The summed E-state index contributed by atoms with van der Waals surface area (Å²) in [7, 11) is -3.72. The van der Waals surface area contributed by atoms with Crippen LogP contribution in [0.5, 0.6) is 0 Å². The Morgan fingerprint density at radius 1 is 1.32 bits per heavy atom. The molecule has 0 spiro atoms. The Labute approximate surface area is 114 Å². The van der Waals surface area contributed by atoms with Crippen LogP contribution >= 0.6 is 0 Å². The third-order valence-electron chi connectivity index (χ3n) is 3.31. The molecule has 0 heterocycles. The highest BCUT2D eigenvalue weighted by Gasteiger charge is 2.29. The van der Waals surface area contributed by atoms with Crippen molar-refractivity contribution >= 4 is 10.0 Å². The van der Waals surface area contributed by atoms with Gasteiger partial charge >= 0.3 is 0 Å². The molecule has 0 aliphatic rings. The second-order valence-corrected chi connectivity index (χ2v) is 6.71. The number of nitrogens with two attached hydrogens (primary N) is 1. The molecule has 0 aromatic heterocycles. The minimum absolute atomic E-state index is 0.127. The average molecular weight is 288 g/mol. The number of halogens is 1. The van der Waals surface area contributed by atoms with Crippen LogP contribution in [0.3, 0.4) is 0 Å². The average Bonchev–Trinajstić information content (AvgIpc) is 2.26. The van der Waals surface area contributed by atoms with E-state index in [2.05, 4.69) is 4.72 Å². The van der Waals surface area contributed by atoms with Gasteiger partial charge in [-0.05, 0) is 50.5 Å². The number of sulfonamides is 1. The van der Waals surface area contributed by atoms with Crippen LogP contribution in [-0.2, 0) is 10.0 Å². The summed E-state index contributed by atoms with van der Waals surface area (Å²) < 4.78 is 40.7. The fraction of sp³-hybridized carbons (Fsp3) is 0.538. The van der Waals surface area contributed by atoms with Crippen LogP contribution in [0.2, 0.25) is 0 Å². The quantitative estimate of drug-likeness (QED) is 0.868. The molecule has 108 valence electrons. The molecule has 0 radical (unpaired) electrons. The van der Waals surface area contributed by atoms with Crippen molar-refractivity contribution < 1.29 is 12.8 Å². The predicted octanol–water partition coefficient (Wildman–Crippen LogP) is 1.85. The molecule has 0 fully saturated rings. The molecule has 4 nitrogen and oxygen atoms in total. The topological polar surface area (TPSA) is 72.2 Å². The molecule has 0 bridgehead atoms. The van der Waals surface area contributed by atoms with Gasteiger partial charge in [-0.2, -0.15) is 0 Å². The third-order valence-corrected chi connectivity index (χ3v) is 5.25. The Morgan fingerprint density at radius 3 is 2.16 bits per heavy atom. The molecular weight excluding hydrogens is 267 g/mol. The highest BCUT2D eigenvalue weighted by atomic mass is 32.2. The Morgan fingerprint density at radius 2 is 1.79 bits per heavy atom. The predicted molar refractivity (Wildman–Crippen MR) is 73.9 cm³/mol. The first-order valence-electron chi connectivity index (χ1n) is 6.16. The Bertz CT molecular complexity index is 543. The highest BCUT2D eigenvalue weighted by molar-refractivity contribution is 7.89. The monoisotopic (exact) mass is 288 g/mol. The van der Waals surface area contributed by atoms with Gasteiger partial charge in [-0.1, -0.05) is 6.92 Å². The molecule has 19 heavy (non-hydrogen) atoms. The zero-order valence-corrected chi connectivity index (χ0v) is 12.6. The molecule has 1 aromatic rings. The van der Waals surface area contributed by atoms with E-state index in [1.165, 1.54) is 12.1 Å². The van der Waals surface area contributed by atoms with E-state index in [0.29, 0.717) is 17.5 Å². The number of rotatable bonds is 5. The van der Waals surface area contributed by atoms with Crippen LogP contribution in [0.1, 0.15) is 31.4 Å². The van der Waals surface area contributed by atoms with Crippen LogP contribution in [0.25, 0.3) is 0 Å². The lowest BCUT2D eigenvalue weighted by molar-refractivity contribution is 0.411. The maximum absolute atomic E-state index is 13.2. The number of benzene rings is 1. The molecule has 0 saturated carbocycles. The first kappa shape index (κ1) is 16.1. The second-order valence-electron chi connectivity index (χ2n) is 5.09. The van der Waals surface area contributed by atoms with E-state index in [0.717, 1.165) is 0 Å². The summed E-state index contributed by atoms with van der Waals surface area (Å²) in [5.41, 5.74) is 5.69. The largest absolute Gasteiger partial charge is 0.329 e. The van der Waals surface area contributed by atoms with Gasteiger partial charge in [-0.15, -0.1) is 0 Å². The molecule has 0 aliphatic carbocycles. The van der Waals surface area contributed by atoms with Gasteiger partial charge in [0.15, 0.2) is 0 Å².